The van der Waals surface area contributed by atoms with E-state index in [1.165, 1.54) is 6.33 Å². The highest BCUT2D eigenvalue weighted by Crippen LogP contribution is 2.28. The van der Waals surface area contributed by atoms with E-state index in [-0.39, 0.29) is 5.92 Å². The lowest BCUT2D eigenvalue weighted by Gasteiger charge is -2.26. The number of ether oxygens (including phenoxy) is 1. The lowest BCUT2D eigenvalue weighted by Crippen LogP contribution is -2.30. The van der Waals surface area contributed by atoms with Crippen molar-refractivity contribution in [2.24, 2.45) is 5.92 Å². The van der Waals surface area contributed by atoms with Gasteiger partial charge in [0.15, 0.2) is 5.60 Å². The number of benzene rings is 1. The quantitative estimate of drug-likeness (QED) is 0.878. The monoisotopic (exact) mass is 282 g/mol. The van der Waals surface area contributed by atoms with Gasteiger partial charge in [0.05, 0.1) is 7.11 Å². The summed E-state index contributed by atoms with van der Waals surface area (Å²) in [6, 6.07) is 7.42. The molecule has 0 saturated heterocycles. The molecular formula is C17H18N2O2. The van der Waals surface area contributed by atoms with Crippen LogP contribution >= 0.6 is 0 Å². The average molecular weight is 282 g/mol. The summed E-state index contributed by atoms with van der Waals surface area (Å²) in [6.07, 6.45) is 4.61. The number of methoxy groups -OCH3 is 1. The Morgan fingerprint density at radius 2 is 1.95 bits per heavy atom. The van der Waals surface area contributed by atoms with Gasteiger partial charge in [0.25, 0.3) is 0 Å². The van der Waals surface area contributed by atoms with Crippen molar-refractivity contribution in [1.82, 2.24) is 9.97 Å². The molecule has 0 fully saturated rings. The van der Waals surface area contributed by atoms with E-state index in [0.29, 0.717) is 5.56 Å². The SMILES string of the molecule is COc1cccc(C#CC(O)(c2cncnc2)C(C)C)c1. The molecule has 0 amide bonds. The molecule has 0 aliphatic rings. The normalized spacial score (nSPS) is 13.2. The summed E-state index contributed by atoms with van der Waals surface area (Å²) in [7, 11) is 1.61. The van der Waals surface area contributed by atoms with Crippen molar-refractivity contribution in [2.75, 3.05) is 7.11 Å². The first kappa shape index (κ1) is 15.0. The summed E-state index contributed by atoms with van der Waals surface area (Å²) >= 11 is 0. The molecule has 21 heavy (non-hydrogen) atoms. The second kappa shape index (κ2) is 6.38. The Bertz CT molecular complexity index is 659. The zero-order valence-corrected chi connectivity index (χ0v) is 12.4. The maximum Gasteiger partial charge on any atom is 0.156 e. The van der Waals surface area contributed by atoms with E-state index in [2.05, 4.69) is 21.8 Å². The Morgan fingerprint density at radius 1 is 1.24 bits per heavy atom. The standard InChI is InChI=1S/C17H18N2O2/c1-13(2)17(20,15-10-18-12-19-11-15)8-7-14-5-4-6-16(9-14)21-3/h4-6,9-13,20H,1-3H3. The Kier molecular flexibility index (Phi) is 4.56. The fourth-order valence-corrected chi connectivity index (χ4v) is 1.91. The zero-order valence-electron chi connectivity index (χ0n) is 12.4. The van der Waals surface area contributed by atoms with Gasteiger partial charge in [-0.05, 0) is 24.1 Å². The smallest absolute Gasteiger partial charge is 0.156 e. The van der Waals surface area contributed by atoms with Crippen molar-refractivity contribution in [3.63, 3.8) is 0 Å². The molecule has 1 unspecified atom stereocenters. The van der Waals surface area contributed by atoms with Gasteiger partial charge in [-0.3, -0.25) is 0 Å². The van der Waals surface area contributed by atoms with Crippen molar-refractivity contribution in [3.8, 4) is 17.6 Å². The molecule has 0 saturated carbocycles. The van der Waals surface area contributed by atoms with Crippen molar-refractivity contribution < 1.29 is 9.84 Å². The van der Waals surface area contributed by atoms with Crippen LogP contribution in [0.2, 0.25) is 0 Å². The van der Waals surface area contributed by atoms with Gasteiger partial charge in [-0.2, -0.15) is 0 Å². The number of rotatable bonds is 3. The molecule has 1 N–H and O–H groups in total. The van der Waals surface area contributed by atoms with Gasteiger partial charge >= 0.3 is 0 Å². The van der Waals surface area contributed by atoms with Gasteiger partial charge in [-0.1, -0.05) is 31.8 Å². The number of hydrogen-bond acceptors (Lipinski definition) is 4. The van der Waals surface area contributed by atoms with Crippen LogP contribution in [0.25, 0.3) is 0 Å². The molecule has 1 aromatic carbocycles. The molecule has 2 rings (SSSR count). The van der Waals surface area contributed by atoms with Gasteiger partial charge in [0.2, 0.25) is 0 Å². The third-order valence-corrected chi connectivity index (χ3v) is 3.30. The topological polar surface area (TPSA) is 55.2 Å². The van der Waals surface area contributed by atoms with E-state index in [4.69, 9.17) is 4.74 Å². The van der Waals surface area contributed by atoms with E-state index in [1.807, 2.05) is 38.1 Å². The Balaban J connectivity index is 2.40. The lowest BCUT2D eigenvalue weighted by molar-refractivity contribution is 0.0496. The Labute approximate surface area is 124 Å². The van der Waals surface area contributed by atoms with Crippen LogP contribution in [0, 0.1) is 17.8 Å². The van der Waals surface area contributed by atoms with Crippen LogP contribution < -0.4 is 4.74 Å². The van der Waals surface area contributed by atoms with Crippen molar-refractivity contribution in [2.45, 2.75) is 19.4 Å². The van der Waals surface area contributed by atoms with E-state index >= 15 is 0 Å². The molecule has 2 aromatic rings. The van der Waals surface area contributed by atoms with Gasteiger partial charge in [-0.15, -0.1) is 0 Å². The first-order valence-corrected chi connectivity index (χ1v) is 6.71. The molecule has 4 nitrogen and oxygen atoms in total. The summed E-state index contributed by atoms with van der Waals surface area (Å²) in [5, 5.41) is 10.9. The highest BCUT2D eigenvalue weighted by molar-refractivity contribution is 5.42. The maximum absolute atomic E-state index is 10.9. The van der Waals surface area contributed by atoms with Crippen LogP contribution in [-0.2, 0) is 5.60 Å². The number of aromatic nitrogens is 2. The van der Waals surface area contributed by atoms with Gasteiger partial charge in [0.1, 0.15) is 12.1 Å². The lowest BCUT2D eigenvalue weighted by atomic mass is 9.85. The summed E-state index contributed by atoms with van der Waals surface area (Å²) < 4.78 is 5.17. The van der Waals surface area contributed by atoms with Crippen LogP contribution in [-0.4, -0.2) is 22.2 Å². The predicted molar refractivity (Wildman–Crippen MR) is 80.6 cm³/mol. The average Bonchev–Trinajstić information content (AvgIpc) is 2.53. The van der Waals surface area contributed by atoms with Crippen molar-refractivity contribution in [1.29, 1.82) is 0 Å². The van der Waals surface area contributed by atoms with E-state index in [1.54, 1.807) is 19.5 Å². The van der Waals surface area contributed by atoms with Crippen LogP contribution in [0.4, 0.5) is 0 Å². The van der Waals surface area contributed by atoms with Crippen molar-refractivity contribution >= 4 is 0 Å². The van der Waals surface area contributed by atoms with Crippen LogP contribution in [0.3, 0.4) is 0 Å². The minimum absolute atomic E-state index is 0.0957. The highest BCUT2D eigenvalue weighted by Gasteiger charge is 2.31. The predicted octanol–water partition coefficient (Wildman–Crippen LogP) is 2.38. The second-order valence-corrected chi connectivity index (χ2v) is 5.03. The van der Waals surface area contributed by atoms with Crippen LogP contribution in [0.15, 0.2) is 43.0 Å². The van der Waals surface area contributed by atoms with Crippen LogP contribution in [0.1, 0.15) is 25.0 Å². The molecular weight excluding hydrogens is 264 g/mol. The van der Waals surface area contributed by atoms with Gasteiger partial charge in [0, 0.05) is 23.5 Å². The number of aliphatic hydroxyl groups is 1. The fourth-order valence-electron chi connectivity index (χ4n) is 1.91. The molecule has 0 aliphatic heterocycles. The first-order valence-electron chi connectivity index (χ1n) is 6.71. The summed E-state index contributed by atoms with van der Waals surface area (Å²) in [5.74, 6) is 6.59. The molecule has 0 spiro atoms. The Morgan fingerprint density at radius 3 is 2.57 bits per heavy atom. The fraction of sp³-hybridized carbons (Fsp3) is 0.294. The zero-order chi connectivity index (χ0) is 15.3. The maximum atomic E-state index is 10.9. The van der Waals surface area contributed by atoms with Gasteiger partial charge < -0.3 is 9.84 Å². The third kappa shape index (κ3) is 3.39. The minimum Gasteiger partial charge on any atom is -0.497 e. The Hall–Kier alpha value is -2.38. The molecule has 1 atom stereocenters. The largest absolute Gasteiger partial charge is 0.497 e. The van der Waals surface area contributed by atoms with E-state index in [9.17, 15) is 5.11 Å². The number of hydrogen-bond donors (Lipinski definition) is 1. The third-order valence-electron chi connectivity index (χ3n) is 3.30. The summed E-state index contributed by atoms with van der Waals surface area (Å²) in [5.41, 5.74) is 0.0883. The summed E-state index contributed by atoms with van der Waals surface area (Å²) in [6.45, 7) is 3.82. The molecule has 1 aromatic heterocycles. The van der Waals surface area contributed by atoms with E-state index < -0.39 is 5.60 Å². The first-order chi connectivity index (χ1) is 10.1. The molecule has 0 aliphatic carbocycles. The van der Waals surface area contributed by atoms with Crippen molar-refractivity contribution in [3.05, 3.63) is 54.1 Å². The molecule has 0 radical (unpaired) electrons. The van der Waals surface area contributed by atoms with Crippen LogP contribution in [0.5, 0.6) is 5.75 Å². The minimum atomic E-state index is -1.29. The van der Waals surface area contributed by atoms with E-state index in [0.717, 1.165) is 11.3 Å². The molecule has 108 valence electrons. The van der Waals surface area contributed by atoms with Gasteiger partial charge in [-0.25, -0.2) is 9.97 Å². The summed E-state index contributed by atoms with van der Waals surface area (Å²) in [4.78, 5) is 7.91. The highest BCUT2D eigenvalue weighted by atomic mass is 16.5. The second-order valence-electron chi connectivity index (χ2n) is 5.03. The number of nitrogens with zero attached hydrogens (tertiary/aromatic N) is 2. The molecule has 4 heteroatoms. The molecule has 1 heterocycles. The molecule has 0 bridgehead atoms.